The zero-order valence-corrected chi connectivity index (χ0v) is 8.81. The summed E-state index contributed by atoms with van der Waals surface area (Å²) in [4.78, 5) is 12.7. The Hall–Kier alpha value is -1.30. The topological polar surface area (TPSA) is 99.2 Å². The highest BCUT2D eigenvalue weighted by molar-refractivity contribution is 5.80. The van der Waals surface area contributed by atoms with E-state index in [0.717, 1.165) is 0 Å². The van der Waals surface area contributed by atoms with Crippen molar-refractivity contribution < 1.29 is 15.1 Å². The van der Waals surface area contributed by atoms with Crippen LogP contribution in [0.15, 0.2) is 5.16 Å². The summed E-state index contributed by atoms with van der Waals surface area (Å²) in [5.41, 5.74) is 4.40. The molecule has 0 unspecified atom stereocenters. The fourth-order valence-corrected chi connectivity index (χ4v) is 1.79. The number of oxime groups is 1. The molecule has 1 aliphatic rings. The van der Waals surface area contributed by atoms with Crippen LogP contribution in [-0.2, 0) is 4.79 Å². The fraction of sp³-hybridized carbons (Fsp3) is 0.778. The van der Waals surface area contributed by atoms with Crippen LogP contribution in [0.25, 0.3) is 0 Å². The molecule has 86 valence electrons. The highest BCUT2D eigenvalue weighted by Crippen LogP contribution is 2.25. The maximum atomic E-state index is 11.0. The SMILES string of the molecule is CC(=O)N1CCC(O)(C/C(N)=N/O)CC1. The van der Waals surface area contributed by atoms with E-state index < -0.39 is 5.60 Å². The number of likely N-dealkylation sites (tertiary alicyclic amines) is 1. The molecule has 1 amide bonds. The Morgan fingerprint density at radius 3 is 2.47 bits per heavy atom. The standard InChI is InChI=1S/C9H17N3O3/c1-7(13)12-4-2-9(14,3-5-12)6-8(10)11-15/h14-15H,2-6H2,1H3,(H2,10,11). The molecule has 1 heterocycles. The van der Waals surface area contributed by atoms with Crippen molar-refractivity contribution >= 4 is 11.7 Å². The van der Waals surface area contributed by atoms with E-state index in [9.17, 15) is 9.90 Å². The Balaban J connectivity index is 2.51. The quantitative estimate of drug-likeness (QED) is 0.250. The van der Waals surface area contributed by atoms with Crippen molar-refractivity contribution in [2.24, 2.45) is 10.9 Å². The van der Waals surface area contributed by atoms with Crippen LogP contribution in [0, 0.1) is 0 Å². The number of carbonyl (C=O) groups excluding carboxylic acids is 1. The number of hydrogen-bond donors (Lipinski definition) is 3. The van der Waals surface area contributed by atoms with Gasteiger partial charge >= 0.3 is 0 Å². The van der Waals surface area contributed by atoms with Crippen LogP contribution >= 0.6 is 0 Å². The molecular formula is C9H17N3O3. The van der Waals surface area contributed by atoms with E-state index in [0.29, 0.717) is 25.9 Å². The van der Waals surface area contributed by atoms with Crippen LogP contribution < -0.4 is 5.73 Å². The number of hydrogen-bond acceptors (Lipinski definition) is 4. The van der Waals surface area contributed by atoms with Gasteiger partial charge in [-0.1, -0.05) is 5.16 Å². The predicted molar refractivity (Wildman–Crippen MR) is 54.5 cm³/mol. The van der Waals surface area contributed by atoms with Gasteiger partial charge in [-0.05, 0) is 12.8 Å². The van der Waals surface area contributed by atoms with Gasteiger partial charge in [-0.15, -0.1) is 0 Å². The number of nitrogens with zero attached hydrogens (tertiary/aromatic N) is 2. The first-order valence-corrected chi connectivity index (χ1v) is 4.91. The third-order valence-electron chi connectivity index (χ3n) is 2.78. The number of nitrogens with two attached hydrogens (primary N) is 1. The van der Waals surface area contributed by atoms with Crippen LogP contribution in [0.2, 0.25) is 0 Å². The van der Waals surface area contributed by atoms with Crippen LogP contribution in [-0.4, -0.2) is 45.6 Å². The second-order valence-corrected chi connectivity index (χ2v) is 4.00. The number of piperidine rings is 1. The molecule has 0 aliphatic carbocycles. The Labute approximate surface area is 88.4 Å². The summed E-state index contributed by atoms with van der Waals surface area (Å²) in [5.74, 6) is 0.0367. The van der Waals surface area contributed by atoms with E-state index in [1.165, 1.54) is 6.92 Å². The van der Waals surface area contributed by atoms with Gasteiger partial charge in [0.05, 0.1) is 5.60 Å². The lowest BCUT2D eigenvalue weighted by Crippen LogP contribution is -2.47. The molecule has 0 aromatic heterocycles. The molecule has 0 radical (unpaired) electrons. The van der Waals surface area contributed by atoms with E-state index in [1.54, 1.807) is 4.90 Å². The van der Waals surface area contributed by atoms with Gasteiger partial charge in [0.15, 0.2) is 0 Å². The van der Waals surface area contributed by atoms with E-state index >= 15 is 0 Å². The molecule has 0 atom stereocenters. The van der Waals surface area contributed by atoms with Crippen molar-refractivity contribution in [2.45, 2.75) is 31.8 Å². The second kappa shape index (κ2) is 4.48. The third-order valence-corrected chi connectivity index (χ3v) is 2.78. The molecule has 4 N–H and O–H groups in total. The summed E-state index contributed by atoms with van der Waals surface area (Å²) in [6.07, 6.45) is 1.07. The second-order valence-electron chi connectivity index (χ2n) is 4.00. The predicted octanol–water partition coefficient (Wildman–Crippen LogP) is -0.504. The molecule has 0 aromatic carbocycles. The molecule has 0 saturated carbocycles. The minimum atomic E-state index is -0.942. The molecule has 1 aliphatic heterocycles. The number of rotatable bonds is 2. The zero-order valence-electron chi connectivity index (χ0n) is 8.81. The zero-order chi connectivity index (χ0) is 11.5. The maximum Gasteiger partial charge on any atom is 0.219 e. The summed E-state index contributed by atoms with van der Waals surface area (Å²) in [5, 5.41) is 21.3. The van der Waals surface area contributed by atoms with Crippen molar-refractivity contribution in [2.75, 3.05) is 13.1 Å². The lowest BCUT2D eigenvalue weighted by molar-refractivity contribution is -0.132. The van der Waals surface area contributed by atoms with Crippen molar-refractivity contribution in [3.63, 3.8) is 0 Å². The van der Waals surface area contributed by atoms with Gasteiger partial charge in [-0.3, -0.25) is 4.79 Å². The average Bonchev–Trinajstić information content (AvgIpc) is 2.17. The van der Waals surface area contributed by atoms with Crippen molar-refractivity contribution in [1.29, 1.82) is 0 Å². The Morgan fingerprint density at radius 2 is 2.07 bits per heavy atom. The van der Waals surface area contributed by atoms with Gasteiger partial charge < -0.3 is 20.9 Å². The number of aliphatic hydroxyl groups is 1. The average molecular weight is 215 g/mol. The van der Waals surface area contributed by atoms with Gasteiger partial charge in [-0.2, -0.15) is 0 Å². The minimum Gasteiger partial charge on any atom is -0.409 e. The lowest BCUT2D eigenvalue weighted by atomic mass is 9.88. The molecule has 0 aromatic rings. The van der Waals surface area contributed by atoms with Crippen molar-refractivity contribution in [1.82, 2.24) is 4.90 Å². The highest BCUT2D eigenvalue weighted by atomic mass is 16.4. The maximum absolute atomic E-state index is 11.0. The Morgan fingerprint density at radius 1 is 1.53 bits per heavy atom. The first-order chi connectivity index (χ1) is 6.97. The highest BCUT2D eigenvalue weighted by Gasteiger charge is 2.33. The van der Waals surface area contributed by atoms with Crippen LogP contribution in [0.5, 0.6) is 0 Å². The third kappa shape index (κ3) is 3.09. The van der Waals surface area contributed by atoms with Crippen LogP contribution in [0.3, 0.4) is 0 Å². The first kappa shape index (κ1) is 11.8. The lowest BCUT2D eigenvalue weighted by Gasteiger charge is -2.37. The summed E-state index contributed by atoms with van der Waals surface area (Å²) in [7, 11) is 0. The normalized spacial score (nSPS) is 21.5. The van der Waals surface area contributed by atoms with Crippen molar-refractivity contribution in [3.05, 3.63) is 0 Å². The van der Waals surface area contributed by atoms with Gasteiger partial charge in [-0.25, -0.2) is 0 Å². The minimum absolute atomic E-state index is 0.0147. The Kier molecular flexibility index (Phi) is 3.52. The van der Waals surface area contributed by atoms with E-state index in [2.05, 4.69) is 5.16 Å². The first-order valence-electron chi connectivity index (χ1n) is 4.91. The molecule has 6 heteroatoms. The molecule has 6 nitrogen and oxygen atoms in total. The molecule has 0 spiro atoms. The van der Waals surface area contributed by atoms with Gasteiger partial charge in [0.2, 0.25) is 5.91 Å². The molecule has 1 saturated heterocycles. The smallest absolute Gasteiger partial charge is 0.219 e. The van der Waals surface area contributed by atoms with E-state index in [4.69, 9.17) is 10.9 Å². The van der Waals surface area contributed by atoms with Gasteiger partial charge in [0.1, 0.15) is 5.84 Å². The molecule has 1 rings (SSSR count). The molecule has 1 fully saturated rings. The number of amidine groups is 1. The molecule has 15 heavy (non-hydrogen) atoms. The molecule has 0 bridgehead atoms. The fourth-order valence-electron chi connectivity index (χ4n) is 1.79. The molecular weight excluding hydrogens is 198 g/mol. The van der Waals surface area contributed by atoms with E-state index in [1.807, 2.05) is 0 Å². The summed E-state index contributed by atoms with van der Waals surface area (Å²) < 4.78 is 0. The summed E-state index contributed by atoms with van der Waals surface area (Å²) in [6, 6.07) is 0. The Bertz CT molecular complexity index is 270. The summed E-state index contributed by atoms with van der Waals surface area (Å²) >= 11 is 0. The van der Waals surface area contributed by atoms with Gasteiger partial charge in [0.25, 0.3) is 0 Å². The number of amides is 1. The van der Waals surface area contributed by atoms with Crippen LogP contribution in [0.1, 0.15) is 26.2 Å². The van der Waals surface area contributed by atoms with E-state index in [-0.39, 0.29) is 18.2 Å². The largest absolute Gasteiger partial charge is 0.409 e. The van der Waals surface area contributed by atoms with Crippen molar-refractivity contribution in [3.8, 4) is 0 Å². The summed E-state index contributed by atoms with van der Waals surface area (Å²) in [6.45, 7) is 2.54. The van der Waals surface area contributed by atoms with Gasteiger partial charge in [0, 0.05) is 26.4 Å². The number of carbonyl (C=O) groups is 1. The monoisotopic (exact) mass is 215 g/mol. The van der Waals surface area contributed by atoms with Crippen LogP contribution in [0.4, 0.5) is 0 Å².